The summed E-state index contributed by atoms with van der Waals surface area (Å²) in [6.07, 6.45) is 0. The van der Waals surface area contributed by atoms with Crippen LogP contribution in [0, 0.1) is 41.5 Å². The summed E-state index contributed by atoms with van der Waals surface area (Å²) in [4.78, 5) is 12.8. The van der Waals surface area contributed by atoms with Gasteiger partial charge in [0.2, 0.25) is 0 Å². The molecule has 0 N–H and O–H groups in total. The van der Waals surface area contributed by atoms with Crippen LogP contribution in [0.3, 0.4) is 0 Å². The van der Waals surface area contributed by atoms with Gasteiger partial charge in [-0.1, -0.05) is 35.4 Å². The van der Waals surface area contributed by atoms with Crippen molar-refractivity contribution < 1.29 is 4.79 Å². The summed E-state index contributed by atoms with van der Waals surface area (Å²) >= 11 is 0. The Kier molecular flexibility index (Phi) is 6.63. The molecule has 0 amide bonds. The molecule has 2 rings (SSSR count). The predicted octanol–water partition coefficient (Wildman–Crippen LogP) is 4.03. The Labute approximate surface area is 147 Å². The van der Waals surface area contributed by atoms with Crippen LogP contribution in [0.5, 0.6) is 0 Å². The Balaban J connectivity index is 0.00000242. The van der Waals surface area contributed by atoms with Gasteiger partial charge < -0.3 is 0 Å². The Morgan fingerprint density at radius 2 is 1.09 bits per heavy atom. The Morgan fingerprint density at radius 1 is 0.727 bits per heavy atom. The molecule has 0 aliphatic rings. The molecule has 0 saturated carbocycles. The van der Waals surface area contributed by atoms with Crippen LogP contribution in [0.15, 0.2) is 24.3 Å². The molecule has 2 aromatic rings. The number of aryl methyl sites for hydroxylation is 6. The zero-order chi connectivity index (χ0) is 15.7. The molecule has 0 radical (unpaired) electrons. The van der Waals surface area contributed by atoms with Crippen molar-refractivity contribution in [2.24, 2.45) is 0 Å². The van der Waals surface area contributed by atoms with Crippen LogP contribution >= 0.6 is 8.58 Å². The molecule has 0 heterocycles. The molecular formula is C19H24LiOP. The summed E-state index contributed by atoms with van der Waals surface area (Å²) in [5.74, 6) is 0. The summed E-state index contributed by atoms with van der Waals surface area (Å²) in [7, 11) is 0.200. The van der Waals surface area contributed by atoms with Crippen molar-refractivity contribution in [2.45, 2.75) is 41.5 Å². The van der Waals surface area contributed by atoms with Crippen molar-refractivity contribution in [1.82, 2.24) is 0 Å². The van der Waals surface area contributed by atoms with Crippen LogP contribution in [0.4, 0.5) is 0 Å². The fourth-order valence-corrected chi connectivity index (χ4v) is 4.38. The Hall–Kier alpha value is -0.863. The number of hydrogen-bond donors (Lipinski definition) is 0. The average molecular weight is 306 g/mol. The molecule has 0 fully saturated rings. The van der Waals surface area contributed by atoms with E-state index in [0.29, 0.717) is 0 Å². The molecule has 22 heavy (non-hydrogen) atoms. The van der Waals surface area contributed by atoms with Crippen LogP contribution in [0.25, 0.3) is 0 Å². The first-order chi connectivity index (χ1) is 9.79. The van der Waals surface area contributed by atoms with E-state index in [1.54, 1.807) is 0 Å². The Bertz CT molecular complexity index is 673. The van der Waals surface area contributed by atoms with E-state index >= 15 is 0 Å². The van der Waals surface area contributed by atoms with Crippen molar-refractivity contribution >= 4 is 38.3 Å². The predicted molar refractivity (Wildman–Crippen MR) is 101 cm³/mol. The molecule has 1 unspecified atom stereocenters. The third kappa shape index (κ3) is 4.11. The van der Waals surface area contributed by atoms with Gasteiger partial charge in [-0.3, -0.25) is 4.79 Å². The second kappa shape index (κ2) is 7.61. The normalized spacial score (nSPS) is 10.8. The SMILES string of the molecule is Cc1cc(C)c(PC(=O)c2c(C)cc(C)cc2C)c(C)c1.[LiH]. The third-order valence-electron chi connectivity index (χ3n) is 3.82. The molecule has 1 nitrogen and oxygen atoms in total. The van der Waals surface area contributed by atoms with Gasteiger partial charge in [0.15, 0.2) is 5.52 Å². The van der Waals surface area contributed by atoms with Crippen molar-refractivity contribution in [1.29, 1.82) is 0 Å². The van der Waals surface area contributed by atoms with Gasteiger partial charge in [0.25, 0.3) is 0 Å². The molecule has 0 bridgehead atoms. The Morgan fingerprint density at radius 3 is 1.50 bits per heavy atom. The van der Waals surface area contributed by atoms with E-state index in [-0.39, 0.29) is 33.0 Å². The van der Waals surface area contributed by atoms with Gasteiger partial charge in [-0.15, -0.1) is 0 Å². The number of carbonyl (C=O) groups is 1. The van der Waals surface area contributed by atoms with Gasteiger partial charge in [0.1, 0.15) is 0 Å². The van der Waals surface area contributed by atoms with Crippen LogP contribution < -0.4 is 5.30 Å². The van der Waals surface area contributed by atoms with E-state index < -0.39 is 0 Å². The van der Waals surface area contributed by atoms with E-state index in [9.17, 15) is 4.79 Å². The van der Waals surface area contributed by atoms with Crippen LogP contribution in [-0.2, 0) is 0 Å². The molecule has 112 valence electrons. The minimum absolute atomic E-state index is 0. The van der Waals surface area contributed by atoms with Crippen LogP contribution in [0.2, 0.25) is 0 Å². The molecule has 0 spiro atoms. The standard InChI is InChI=1S/C19H23OP.Li.H/c1-11-7-13(3)17(14(4)8-11)19(20)21-18-15(5)9-12(2)10-16(18)6;;/h7-10,21H,1-6H3;;. The summed E-state index contributed by atoms with van der Waals surface area (Å²) in [6, 6.07) is 8.52. The fourth-order valence-electron chi connectivity index (χ4n) is 3.09. The maximum atomic E-state index is 12.8. The number of carbonyl (C=O) groups excluding carboxylic acids is 1. The number of benzene rings is 2. The molecular weight excluding hydrogens is 282 g/mol. The molecule has 0 aliphatic heterocycles. The van der Waals surface area contributed by atoms with Crippen molar-refractivity contribution in [2.75, 3.05) is 0 Å². The van der Waals surface area contributed by atoms with Crippen LogP contribution in [-0.4, -0.2) is 24.4 Å². The average Bonchev–Trinajstić information content (AvgIpc) is 2.32. The van der Waals surface area contributed by atoms with Crippen molar-refractivity contribution in [3.05, 3.63) is 63.2 Å². The van der Waals surface area contributed by atoms with E-state index in [4.69, 9.17) is 0 Å². The zero-order valence-corrected chi connectivity index (χ0v) is 14.7. The number of hydrogen-bond acceptors (Lipinski definition) is 1. The van der Waals surface area contributed by atoms with E-state index in [1.807, 2.05) is 13.8 Å². The first-order valence-electron chi connectivity index (χ1n) is 7.26. The second-order valence-electron chi connectivity index (χ2n) is 6.00. The molecule has 0 aliphatic carbocycles. The van der Waals surface area contributed by atoms with Gasteiger partial charge in [-0.2, -0.15) is 0 Å². The summed E-state index contributed by atoms with van der Waals surface area (Å²) in [6.45, 7) is 12.4. The van der Waals surface area contributed by atoms with Gasteiger partial charge in [0.05, 0.1) is 0 Å². The van der Waals surface area contributed by atoms with E-state index in [1.165, 1.54) is 27.6 Å². The maximum absolute atomic E-state index is 12.8. The van der Waals surface area contributed by atoms with E-state index in [2.05, 4.69) is 52.0 Å². The number of rotatable bonds is 3. The third-order valence-corrected chi connectivity index (χ3v) is 5.34. The van der Waals surface area contributed by atoms with Crippen molar-refractivity contribution in [3.63, 3.8) is 0 Å². The van der Waals surface area contributed by atoms with E-state index in [0.717, 1.165) is 16.7 Å². The quantitative estimate of drug-likeness (QED) is 0.618. The van der Waals surface area contributed by atoms with Gasteiger partial charge in [-0.25, -0.2) is 0 Å². The molecule has 0 saturated heterocycles. The van der Waals surface area contributed by atoms with Gasteiger partial charge >= 0.3 is 18.9 Å². The molecule has 2 aromatic carbocycles. The monoisotopic (exact) mass is 306 g/mol. The second-order valence-corrected chi connectivity index (χ2v) is 7.21. The van der Waals surface area contributed by atoms with Gasteiger partial charge in [-0.05, 0) is 77.7 Å². The van der Waals surface area contributed by atoms with Crippen molar-refractivity contribution in [3.8, 4) is 0 Å². The summed E-state index contributed by atoms with van der Waals surface area (Å²) in [5.41, 5.74) is 8.25. The summed E-state index contributed by atoms with van der Waals surface area (Å²) < 4.78 is 0. The zero-order valence-electron chi connectivity index (χ0n) is 13.7. The first kappa shape index (κ1) is 19.2. The first-order valence-corrected chi connectivity index (χ1v) is 8.26. The molecule has 0 aromatic heterocycles. The van der Waals surface area contributed by atoms with Crippen LogP contribution in [0.1, 0.15) is 43.7 Å². The molecule has 1 atom stereocenters. The molecule has 3 heteroatoms. The van der Waals surface area contributed by atoms with Gasteiger partial charge in [0, 0.05) is 5.56 Å². The minimum atomic E-state index is 0. The summed E-state index contributed by atoms with van der Waals surface area (Å²) in [5, 5.41) is 1.20. The fraction of sp³-hybridized carbons (Fsp3) is 0.316. The topological polar surface area (TPSA) is 17.1 Å².